The number of primary amides is 1. The van der Waals surface area contributed by atoms with Crippen LogP contribution in [0.3, 0.4) is 0 Å². The first-order valence-corrected chi connectivity index (χ1v) is 11.9. The van der Waals surface area contributed by atoms with Crippen LogP contribution >= 0.6 is 0 Å². The van der Waals surface area contributed by atoms with Gasteiger partial charge in [0.2, 0.25) is 23.6 Å². The molecule has 0 spiro atoms. The summed E-state index contributed by atoms with van der Waals surface area (Å²) in [6, 6.07) is 4.01. The molecular formula is C24H33N5O8. The molecule has 37 heavy (non-hydrogen) atoms. The Kier molecular flexibility index (Phi) is 11.0. The summed E-state index contributed by atoms with van der Waals surface area (Å²) in [5.74, 6) is -5.21. The van der Waals surface area contributed by atoms with E-state index in [0.29, 0.717) is 12.0 Å². The van der Waals surface area contributed by atoms with Gasteiger partial charge in [-0.3, -0.25) is 24.0 Å². The lowest BCUT2D eigenvalue weighted by molar-refractivity contribution is -0.150. The average Bonchev–Trinajstić information content (AvgIpc) is 3.35. The number of nitrogens with zero attached hydrogens (tertiary/aromatic N) is 1. The lowest BCUT2D eigenvalue weighted by Gasteiger charge is -2.29. The fourth-order valence-corrected chi connectivity index (χ4v) is 4.05. The van der Waals surface area contributed by atoms with E-state index >= 15 is 0 Å². The van der Waals surface area contributed by atoms with E-state index in [0.717, 1.165) is 4.90 Å². The molecule has 1 aromatic rings. The number of likely N-dealkylation sites (tertiary alicyclic amines) is 1. The van der Waals surface area contributed by atoms with Gasteiger partial charge in [-0.1, -0.05) is 30.3 Å². The van der Waals surface area contributed by atoms with Crippen molar-refractivity contribution in [1.82, 2.24) is 15.5 Å². The molecule has 1 aliphatic rings. The van der Waals surface area contributed by atoms with Crippen molar-refractivity contribution in [3.8, 4) is 0 Å². The maximum atomic E-state index is 13.3. The number of hydrogen-bond acceptors (Lipinski definition) is 7. The minimum absolute atomic E-state index is 0.0300. The Morgan fingerprint density at radius 1 is 0.946 bits per heavy atom. The Hall–Kier alpha value is -4.00. The SMILES string of the molecule is NC(=O)CCC(N)C(=O)NC(Cc1ccccc1)C(=O)NC(CCC(=O)O)C(=O)N1CCCC1C(=O)O. The van der Waals surface area contributed by atoms with Gasteiger partial charge in [-0.15, -0.1) is 0 Å². The Morgan fingerprint density at radius 2 is 1.59 bits per heavy atom. The maximum Gasteiger partial charge on any atom is 0.326 e. The Morgan fingerprint density at radius 3 is 2.19 bits per heavy atom. The summed E-state index contributed by atoms with van der Waals surface area (Å²) < 4.78 is 0. The van der Waals surface area contributed by atoms with Crippen molar-refractivity contribution in [3.05, 3.63) is 35.9 Å². The topological polar surface area (TPSA) is 222 Å². The van der Waals surface area contributed by atoms with E-state index in [9.17, 15) is 33.9 Å². The van der Waals surface area contributed by atoms with Crippen LogP contribution in [-0.4, -0.2) is 81.4 Å². The number of nitrogens with one attached hydrogen (secondary N) is 2. The molecule has 4 atom stereocenters. The van der Waals surface area contributed by atoms with E-state index in [1.165, 1.54) is 0 Å². The van der Waals surface area contributed by atoms with Gasteiger partial charge in [0.05, 0.1) is 6.04 Å². The molecule has 0 radical (unpaired) electrons. The van der Waals surface area contributed by atoms with Crippen molar-refractivity contribution in [2.75, 3.05) is 6.54 Å². The molecule has 0 aliphatic carbocycles. The summed E-state index contributed by atoms with van der Waals surface area (Å²) >= 11 is 0. The van der Waals surface area contributed by atoms with Crippen molar-refractivity contribution in [3.63, 3.8) is 0 Å². The zero-order chi connectivity index (χ0) is 27.5. The van der Waals surface area contributed by atoms with Crippen molar-refractivity contribution in [2.24, 2.45) is 11.5 Å². The smallest absolute Gasteiger partial charge is 0.326 e. The number of benzene rings is 1. The van der Waals surface area contributed by atoms with Crippen LogP contribution in [0.1, 0.15) is 44.1 Å². The van der Waals surface area contributed by atoms with Crippen LogP contribution in [0.5, 0.6) is 0 Å². The minimum atomic E-state index is -1.32. The van der Waals surface area contributed by atoms with Crippen LogP contribution in [0.4, 0.5) is 0 Å². The summed E-state index contributed by atoms with van der Waals surface area (Å²) in [5.41, 5.74) is 11.6. The molecule has 13 heteroatoms. The van der Waals surface area contributed by atoms with Crippen LogP contribution < -0.4 is 22.1 Å². The second-order valence-electron chi connectivity index (χ2n) is 8.88. The minimum Gasteiger partial charge on any atom is -0.481 e. The van der Waals surface area contributed by atoms with E-state index in [-0.39, 0.29) is 38.6 Å². The highest BCUT2D eigenvalue weighted by atomic mass is 16.4. The molecule has 1 fully saturated rings. The zero-order valence-electron chi connectivity index (χ0n) is 20.3. The number of carboxylic acids is 2. The normalized spacial score (nSPS) is 17.3. The molecule has 1 heterocycles. The van der Waals surface area contributed by atoms with Gasteiger partial charge in [0.1, 0.15) is 18.1 Å². The third-order valence-electron chi connectivity index (χ3n) is 6.04. The van der Waals surface area contributed by atoms with Gasteiger partial charge in [-0.05, 0) is 31.2 Å². The molecule has 0 saturated carbocycles. The van der Waals surface area contributed by atoms with Crippen molar-refractivity contribution >= 4 is 35.6 Å². The molecule has 0 bridgehead atoms. The lowest BCUT2D eigenvalue weighted by Crippen LogP contribution is -2.57. The quantitative estimate of drug-likeness (QED) is 0.172. The molecule has 4 amide bonds. The van der Waals surface area contributed by atoms with Crippen LogP contribution in [0.25, 0.3) is 0 Å². The summed E-state index contributed by atoms with van der Waals surface area (Å²) in [6.07, 6.45) is -0.150. The third kappa shape index (κ3) is 9.18. The van der Waals surface area contributed by atoms with Gasteiger partial charge in [0.15, 0.2) is 0 Å². The van der Waals surface area contributed by atoms with Crippen molar-refractivity contribution in [1.29, 1.82) is 0 Å². The van der Waals surface area contributed by atoms with Crippen LogP contribution in [-0.2, 0) is 35.2 Å². The summed E-state index contributed by atoms with van der Waals surface area (Å²) in [5, 5.41) is 23.6. The second kappa shape index (κ2) is 13.9. The largest absolute Gasteiger partial charge is 0.481 e. The molecule has 1 aliphatic heterocycles. The van der Waals surface area contributed by atoms with E-state index in [4.69, 9.17) is 16.6 Å². The molecule has 1 saturated heterocycles. The predicted octanol–water partition coefficient (Wildman–Crippen LogP) is -1.27. The molecule has 8 N–H and O–H groups in total. The van der Waals surface area contributed by atoms with Gasteiger partial charge in [0.25, 0.3) is 0 Å². The first-order chi connectivity index (χ1) is 17.5. The van der Waals surface area contributed by atoms with Gasteiger partial charge in [-0.2, -0.15) is 0 Å². The number of carbonyl (C=O) groups is 6. The highest BCUT2D eigenvalue weighted by Gasteiger charge is 2.38. The maximum absolute atomic E-state index is 13.3. The highest BCUT2D eigenvalue weighted by Crippen LogP contribution is 2.20. The average molecular weight is 520 g/mol. The molecule has 2 rings (SSSR count). The van der Waals surface area contributed by atoms with Crippen molar-refractivity contribution in [2.45, 2.75) is 69.1 Å². The third-order valence-corrected chi connectivity index (χ3v) is 6.04. The lowest BCUT2D eigenvalue weighted by atomic mass is 10.0. The number of aliphatic carboxylic acids is 2. The Bertz CT molecular complexity index is 1000. The predicted molar refractivity (Wildman–Crippen MR) is 130 cm³/mol. The number of hydrogen-bond donors (Lipinski definition) is 6. The summed E-state index contributed by atoms with van der Waals surface area (Å²) in [4.78, 5) is 74.0. The molecule has 0 aromatic heterocycles. The second-order valence-corrected chi connectivity index (χ2v) is 8.88. The Labute approximate surface area is 213 Å². The van der Waals surface area contributed by atoms with Crippen LogP contribution in [0.15, 0.2) is 30.3 Å². The zero-order valence-corrected chi connectivity index (χ0v) is 20.3. The molecule has 202 valence electrons. The fourth-order valence-electron chi connectivity index (χ4n) is 4.05. The number of carboxylic acid groups (broad SMARTS) is 2. The Balaban J connectivity index is 2.23. The fraction of sp³-hybridized carbons (Fsp3) is 0.500. The van der Waals surface area contributed by atoms with E-state index in [1.807, 2.05) is 0 Å². The number of rotatable bonds is 14. The standard InChI is InChI=1S/C24H33N5O8/c25-15(8-10-19(26)30)21(33)28-17(13-14-5-2-1-3-6-14)22(34)27-16(9-11-20(31)32)23(35)29-12-4-7-18(29)24(36)37/h1-3,5-6,15-18H,4,7-13,25H2,(H2,26,30)(H,27,34)(H,28,33)(H,31,32)(H,36,37). The van der Waals surface area contributed by atoms with Crippen LogP contribution in [0, 0.1) is 0 Å². The van der Waals surface area contributed by atoms with Gasteiger partial charge in [-0.25, -0.2) is 4.79 Å². The summed E-state index contributed by atoms with van der Waals surface area (Å²) in [6.45, 7) is 0.161. The van der Waals surface area contributed by atoms with E-state index in [2.05, 4.69) is 10.6 Å². The van der Waals surface area contributed by atoms with E-state index in [1.54, 1.807) is 30.3 Å². The monoisotopic (exact) mass is 519 g/mol. The van der Waals surface area contributed by atoms with Gasteiger partial charge < -0.3 is 37.2 Å². The molecule has 4 unspecified atom stereocenters. The van der Waals surface area contributed by atoms with Gasteiger partial charge >= 0.3 is 11.9 Å². The van der Waals surface area contributed by atoms with Crippen molar-refractivity contribution < 1.29 is 39.0 Å². The molecular weight excluding hydrogens is 486 g/mol. The van der Waals surface area contributed by atoms with Crippen LogP contribution in [0.2, 0.25) is 0 Å². The number of nitrogens with two attached hydrogens (primary N) is 2. The number of amides is 4. The van der Waals surface area contributed by atoms with Gasteiger partial charge in [0, 0.05) is 25.8 Å². The highest BCUT2D eigenvalue weighted by molar-refractivity contribution is 5.94. The molecule has 1 aromatic carbocycles. The summed E-state index contributed by atoms with van der Waals surface area (Å²) in [7, 11) is 0. The number of carbonyl (C=O) groups excluding carboxylic acids is 4. The first kappa shape index (κ1) is 29.2. The van der Waals surface area contributed by atoms with E-state index < -0.39 is 66.2 Å². The molecule has 13 nitrogen and oxygen atoms in total. The first-order valence-electron chi connectivity index (χ1n) is 11.9.